The van der Waals surface area contributed by atoms with E-state index in [4.69, 9.17) is 16.3 Å². The largest absolute Gasteiger partial charge is 0.482 e. The molecular formula is C12H15BrClNO2. The number of halogens is 2. The predicted octanol–water partition coefficient (Wildman–Crippen LogP) is 3.35. The summed E-state index contributed by atoms with van der Waals surface area (Å²) in [6.07, 6.45) is 0. The van der Waals surface area contributed by atoms with Crippen LogP contribution in [0.2, 0.25) is 5.02 Å². The molecule has 0 spiro atoms. The lowest BCUT2D eigenvalue weighted by atomic mass is 10.3. The number of hydrogen-bond donors (Lipinski definition) is 0. The van der Waals surface area contributed by atoms with Crippen LogP contribution in [0.4, 0.5) is 0 Å². The number of hydrogen-bond acceptors (Lipinski definition) is 2. The van der Waals surface area contributed by atoms with Crippen LogP contribution in [-0.4, -0.2) is 30.5 Å². The Morgan fingerprint density at radius 3 is 2.65 bits per heavy atom. The molecule has 0 unspecified atom stereocenters. The summed E-state index contributed by atoms with van der Waals surface area (Å²) in [4.78, 5) is 13.4. The van der Waals surface area contributed by atoms with E-state index in [-0.39, 0.29) is 12.5 Å². The first-order valence-corrected chi connectivity index (χ1v) is 6.61. The third kappa shape index (κ3) is 4.21. The van der Waals surface area contributed by atoms with E-state index in [1.807, 2.05) is 19.9 Å². The van der Waals surface area contributed by atoms with E-state index in [0.29, 0.717) is 23.9 Å². The summed E-state index contributed by atoms with van der Waals surface area (Å²) < 4.78 is 6.28. The fourth-order valence-electron chi connectivity index (χ4n) is 1.39. The molecule has 1 aromatic carbocycles. The summed E-state index contributed by atoms with van der Waals surface area (Å²) in [6.45, 7) is 5.26. The Kier molecular flexibility index (Phi) is 5.78. The van der Waals surface area contributed by atoms with Gasteiger partial charge in [0.05, 0.1) is 5.02 Å². The molecular weight excluding hydrogens is 305 g/mol. The molecule has 0 saturated carbocycles. The molecule has 0 saturated heterocycles. The van der Waals surface area contributed by atoms with Crippen molar-refractivity contribution in [2.24, 2.45) is 0 Å². The van der Waals surface area contributed by atoms with Crippen LogP contribution < -0.4 is 4.74 Å². The number of benzene rings is 1. The number of carbonyl (C=O) groups excluding carboxylic acids is 1. The molecule has 0 aliphatic heterocycles. The van der Waals surface area contributed by atoms with E-state index in [1.54, 1.807) is 17.0 Å². The van der Waals surface area contributed by atoms with Crippen LogP contribution in [0.5, 0.6) is 5.75 Å². The van der Waals surface area contributed by atoms with Gasteiger partial charge < -0.3 is 9.64 Å². The van der Waals surface area contributed by atoms with Gasteiger partial charge in [-0.1, -0.05) is 27.5 Å². The minimum atomic E-state index is -0.0361. The van der Waals surface area contributed by atoms with E-state index < -0.39 is 0 Å². The molecule has 0 aliphatic carbocycles. The SMILES string of the molecule is CCN(CC)C(=O)COc1cc(Br)ccc1Cl. The monoisotopic (exact) mass is 319 g/mol. The lowest BCUT2D eigenvalue weighted by Crippen LogP contribution is -2.34. The number of amides is 1. The first-order valence-electron chi connectivity index (χ1n) is 5.44. The number of ether oxygens (including phenoxy) is 1. The third-order valence-electron chi connectivity index (χ3n) is 2.36. The lowest BCUT2D eigenvalue weighted by Gasteiger charge is -2.18. The lowest BCUT2D eigenvalue weighted by molar-refractivity contribution is -0.132. The van der Waals surface area contributed by atoms with Crippen molar-refractivity contribution >= 4 is 33.4 Å². The Balaban J connectivity index is 2.61. The van der Waals surface area contributed by atoms with Crippen molar-refractivity contribution in [3.63, 3.8) is 0 Å². The first-order chi connectivity index (χ1) is 8.08. The quantitative estimate of drug-likeness (QED) is 0.832. The molecule has 5 heteroatoms. The fraction of sp³-hybridized carbons (Fsp3) is 0.417. The molecule has 0 aromatic heterocycles. The Morgan fingerprint density at radius 1 is 1.41 bits per heavy atom. The summed E-state index contributed by atoms with van der Waals surface area (Å²) in [5.41, 5.74) is 0. The molecule has 3 nitrogen and oxygen atoms in total. The Hall–Kier alpha value is -0.740. The predicted molar refractivity (Wildman–Crippen MR) is 72.6 cm³/mol. The molecule has 0 bridgehead atoms. The van der Waals surface area contributed by atoms with E-state index in [9.17, 15) is 4.79 Å². The molecule has 0 fully saturated rings. The molecule has 1 aromatic rings. The van der Waals surface area contributed by atoms with Crippen LogP contribution in [0.3, 0.4) is 0 Å². The third-order valence-corrected chi connectivity index (χ3v) is 3.17. The summed E-state index contributed by atoms with van der Waals surface area (Å²) >= 11 is 9.28. The Bertz CT molecular complexity index is 394. The molecule has 0 radical (unpaired) electrons. The Morgan fingerprint density at radius 2 is 2.06 bits per heavy atom. The number of carbonyl (C=O) groups is 1. The van der Waals surface area contributed by atoms with Gasteiger partial charge in [0.1, 0.15) is 5.75 Å². The van der Waals surface area contributed by atoms with Crippen molar-refractivity contribution in [2.45, 2.75) is 13.8 Å². The highest BCUT2D eigenvalue weighted by Crippen LogP contribution is 2.27. The maximum atomic E-state index is 11.7. The van der Waals surface area contributed by atoms with Gasteiger partial charge in [-0.15, -0.1) is 0 Å². The highest BCUT2D eigenvalue weighted by atomic mass is 79.9. The normalized spacial score (nSPS) is 10.1. The summed E-state index contributed by atoms with van der Waals surface area (Å²) in [5, 5.41) is 0.501. The Labute approximate surface area is 115 Å². The van der Waals surface area contributed by atoms with Crippen molar-refractivity contribution in [3.05, 3.63) is 27.7 Å². The van der Waals surface area contributed by atoms with Gasteiger partial charge >= 0.3 is 0 Å². The molecule has 0 heterocycles. The maximum absolute atomic E-state index is 11.7. The summed E-state index contributed by atoms with van der Waals surface area (Å²) in [6, 6.07) is 5.29. The van der Waals surface area contributed by atoms with Gasteiger partial charge in [-0.2, -0.15) is 0 Å². The number of rotatable bonds is 5. The van der Waals surface area contributed by atoms with Crippen LogP contribution in [-0.2, 0) is 4.79 Å². The highest BCUT2D eigenvalue weighted by Gasteiger charge is 2.11. The van der Waals surface area contributed by atoms with Gasteiger partial charge in [0.15, 0.2) is 6.61 Å². The van der Waals surface area contributed by atoms with Crippen molar-refractivity contribution in [2.75, 3.05) is 19.7 Å². The zero-order chi connectivity index (χ0) is 12.8. The molecule has 17 heavy (non-hydrogen) atoms. The van der Waals surface area contributed by atoms with Crippen LogP contribution >= 0.6 is 27.5 Å². The fourth-order valence-corrected chi connectivity index (χ4v) is 1.91. The zero-order valence-corrected chi connectivity index (χ0v) is 12.2. The highest BCUT2D eigenvalue weighted by molar-refractivity contribution is 9.10. The second-order valence-corrected chi connectivity index (χ2v) is 4.75. The van der Waals surface area contributed by atoms with Crippen molar-refractivity contribution in [3.8, 4) is 5.75 Å². The van der Waals surface area contributed by atoms with Gasteiger partial charge in [-0.05, 0) is 32.0 Å². The van der Waals surface area contributed by atoms with E-state index >= 15 is 0 Å². The molecule has 1 rings (SSSR count). The molecule has 0 aliphatic rings. The van der Waals surface area contributed by atoms with Gasteiger partial charge in [-0.3, -0.25) is 4.79 Å². The molecule has 0 atom stereocenters. The summed E-state index contributed by atoms with van der Waals surface area (Å²) in [7, 11) is 0. The van der Waals surface area contributed by atoms with Crippen LogP contribution in [0.1, 0.15) is 13.8 Å². The van der Waals surface area contributed by atoms with E-state index in [0.717, 1.165) is 4.47 Å². The van der Waals surface area contributed by atoms with Crippen molar-refractivity contribution in [1.82, 2.24) is 4.90 Å². The topological polar surface area (TPSA) is 29.5 Å². The van der Waals surface area contributed by atoms with E-state index in [1.165, 1.54) is 0 Å². The average Bonchev–Trinajstić information content (AvgIpc) is 2.32. The number of nitrogens with zero attached hydrogens (tertiary/aromatic N) is 1. The first kappa shape index (κ1) is 14.3. The standard InChI is InChI=1S/C12H15BrClNO2/c1-3-15(4-2)12(16)8-17-11-7-9(13)5-6-10(11)14/h5-7H,3-4,8H2,1-2H3. The van der Waals surface area contributed by atoms with Crippen molar-refractivity contribution in [1.29, 1.82) is 0 Å². The minimum Gasteiger partial charge on any atom is -0.482 e. The van der Waals surface area contributed by atoms with Crippen LogP contribution in [0.15, 0.2) is 22.7 Å². The van der Waals surface area contributed by atoms with Gasteiger partial charge in [0.2, 0.25) is 0 Å². The zero-order valence-electron chi connectivity index (χ0n) is 9.87. The average molecular weight is 321 g/mol. The van der Waals surface area contributed by atoms with Crippen LogP contribution in [0.25, 0.3) is 0 Å². The summed E-state index contributed by atoms with van der Waals surface area (Å²) in [5.74, 6) is 0.479. The minimum absolute atomic E-state index is 0.0118. The van der Waals surface area contributed by atoms with Gasteiger partial charge in [0, 0.05) is 17.6 Å². The van der Waals surface area contributed by atoms with Gasteiger partial charge in [0.25, 0.3) is 5.91 Å². The molecule has 1 amide bonds. The smallest absolute Gasteiger partial charge is 0.260 e. The van der Waals surface area contributed by atoms with E-state index in [2.05, 4.69) is 15.9 Å². The van der Waals surface area contributed by atoms with Crippen LogP contribution in [0, 0.1) is 0 Å². The second-order valence-electron chi connectivity index (χ2n) is 3.43. The van der Waals surface area contributed by atoms with Gasteiger partial charge in [-0.25, -0.2) is 0 Å². The van der Waals surface area contributed by atoms with Crippen molar-refractivity contribution < 1.29 is 9.53 Å². The molecule has 0 N–H and O–H groups in total. The number of likely N-dealkylation sites (N-methyl/N-ethyl adjacent to an activating group) is 1. The molecule has 94 valence electrons. The second kappa shape index (κ2) is 6.87. The maximum Gasteiger partial charge on any atom is 0.260 e.